The number of urea groups is 1. The molecule has 30 heavy (non-hydrogen) atoms. The van der Waals surface area contributed by atoms with Crippen LogP contribution in [0.2, 0.25) is 0 Å². The van der Waals surface area contributed by atoms with Crippen molar-refractivity contribution in [1.82, 2.24) is 25.1 Å². The molecule has 8 nitrogen and oxygen atoms in total. The minimum absolute atomic E-state index is 0.0758. The number of hydrogen-bond donors (Lipinski definition) is 1. The van der Waals surface area contributed by atoms with E-state index in [-0.39, 0.29) is 6.03 Å². The van der Waals surface area contributed by atoms with E-state index in [0.29, 0.717) is 32.1 Å². The first-order chi connectivity index (χ1) is 14.5. The lowest BCUT2D eigenvalue weighted by atomic mass is 10.1. The van der Waals surface area contributed by atoms with E-state index < -0.39 is 0 Å². The predicted octanol–water partition coefficient (Wildman–Crippen LogP) is 3.20. The van der Waals surface area contributed by atoms with Crippen LogP contribution in [0.15, 0.2) is 42.5 Å². The van der Waals surface area contributed by atoms with E-state index in [1.807, 2.05) is 42.2 Å². The number of piperazine rings is 1. The lowest BCUT2D eigenvalue weighted by Crippen LogP contribution is -2.50. The van der Waals surface area contributed by atoms with Crippen LogP contribution in [0.5, 0.6) is 0 Å². The molecule has 1 saturated heterocycles. The van der Waals surface area contributed by atoms with Crippen LogP contribution in [0, 0.1) is 13.8 Å². The number of anilines is 2. The van der Waals surface area contributed by atoms with E-state index in [9.17, 15) is 4.79 Å². The average Bonchev–Trinajstić information content (AvgIpc) is 3.26. The quantitative estimate of drug-likeness (QED) is 0.721. The maximum Gasteiger partial charge on any atom is 0.321 e. The van der Waals surface area contributed by atoms with Crippen LogP contribution in [0.3, 0.4) is 0 Å². The Morgan fingerprint density at radius 1 is 1.03 bits per heavy atom. The zero-order valence-corrected chi connectivity index (χ0v) is 17.7. The van der Waals surface area contributed by atoms with E-state index in [2.05, 4.69) is 51.7 Å². The fourth-order valence-electron chi connectivity index (χ4n) is 3.59. The number of aromatic nitrogens is 4. The van der Waals surface area contributed by atoms with Crippen LogP contribution >= 0.6 is 0 Å². The maximum absolute atomic E-state index is 12.7. The molecule has 0 aliphatic carbocycles. The van der Waals surface area contributed by atoms with Crippen molar-refractivity contribution in [3.63, 3.8) is 0 Å². The topological polar surface area (TPSA) is 79.2 Å². The molecule has 4 rings (SSSR count). The highest BCUT2D eigenvalue weighted by molar-refractivity contribution is 5.89. The van der Waals surface area contributed by atoms with Crippen molar-refractivity contribution in [3.05, 3.63) is 59.2 Å². The number of carbonyl (C=O) groups is 1. The van der Waals surface area contributed by atoms with Crippen molar-refractivity contribution in [2.75, 3.05) is 36.4 Å². The lowest BCUT2D eigenvalue weighted by Gasteiger charge is -2.34. The van der Waals surface area contributed by atoms with Crippen molar-refractivity contribution < 1.29 is 4.79 Å². The van der Waals surface area contributed by atoms with E-state index in [4.69, 9.17) is 0 Å². The first-order valence-electron chi connectivity index (χ1n) is 10.3. The van der Waals surface area contributed by atoms with Crippen molar-refractivity contribution in [2.45, 2.75) is 27.2 Å². The van der Waals surface area contributed by atoms with Crippen LogP contribution in [0.25, 0.3) is 5.69 Å². The Balaban J connectivity index is 1.41. The molecule has 1 aliphatic heterocycles. The molecule has 0 bridgehead atoms. The largest absolute Gasteiger partial charge is 0.336 e. The molecule has 1 aliphatic rings. The normalized spacial score (nSPS) is 14.1. The van der Waals surface area contributed by atoms with Crippen LogP contribution in [-0.2, 0) is 6.42 Å². The van der Waals surface area contributed by atoms with Gasteiger partial charge in [-0.15, -0.1) is 0 Å². The molecule has 2 aromatic carbocycles. The first kappa shape index (κ1) is 19.9. The van der Waals surface area contributed by atoms with E-state index in [1.165, 1.54) is 11.1 Å². The summed E-state index contributed by atoms with van der Waals surface area (Å²) in [4.78, 5) is 16.6. The van der Waals surface area contributed by atoms with Crippen LogP contribution in [0.1, 0.15) is 23.6 Å². The highest BCUT2D eigenvalue weighted by Crippen LogP contribution is 2.19. The molecule has 0 saturated carbocycles. The summed E-state index contributed by atoms with van der Waals surface area (Å²) in [6.07, 6.45) is 0.958. The summed E-state index contributed by atoms with van der Waals surface area (Å²) in [6, 6.07) is 14.1. The minimum atomic E-state index is -0.0758. The molecule has 0 atom stereocenters. The van der Waals surface area contributed by atoms with Gasteiger partial charge in [-0.2, -0.15) is 4.68 Å². The number of nitrogens with zero attached hydrogens (tertiary/aromatic N) is 6. The first-order valence-corrected chi connectivity index (χ1v) is 10.3. The van der Waals surface area contributed by atoms with Gasteiger partial charge in [-0.3, -0.25) is 0 Å². The molecule has 1 aromatic heterocycles. The molecule has 0 unspecified atom stereocenters. The number of rotatable bonds is 4. The number of nitrogens with one attached hydrogen (secondary N) is 1. The highest BCUT2D eigenvalue weighted by atomic mass is 16.2. The molecule has 2 amide bonds. The Bertz CT molecular complexity index is 1040. The van der Waals surface area contributed by atoms with Gasteiger partial charge in [0.2, 0.25) is 5.95 Å². The summed E-state index contributed by atoms with van der Waals surface area (Å²) in [5, 5.41) is 15.3. The number of aryl methyl sites for hydroxylation is 3. The van der Waals surface area contributed by atoms with Crippen LogP contribution in [-0.4, -0.2) is 57.3 Å². The van der Waals surface area contributed by atoms with E-state index in [0.717, 1.165) is 23.4 Å². The Hall–Kier alpha value is -3.42. The second-order valence-corrected chi connectivity index (χ2v) is 7.62. The van der Waals surface area contributed by atoms with Gasteiger partial charge in [-0.05, 0) is 71.7 Å². The molecular formula is C22H27N7O. The number of benzene rings is 2. The second kappa shape index (κ2) is 8.52. The average molecular weight is 406 g/mol. The Morgan fingerprint density at radius 2 is 1.83 bits per heavy atom. The van der Waals surface area contributed by atoms with Gasteiger partial charge in [0.15, 0.2) is 0 Å². The zero-order chi connectivity index (χ0) is 21.1. The molecule has 1 fully saturated rings. The standard InChI is InChI=1S/C22H27N7O/c1-4-18-6-5-7-20(15-18)29-21(24-25-26-29)27-10-12-28(13-11-27)22(30)23-19-9-8-16(2)17(3)14-19/h5-9,14-15H,4,10-13H2,1-3H3,(H,23,30). The summed E-state index contributed by atoms with van der Waals surface area (Å²) in [7, 11) is 0. The van der Waals surface area contributed by atoms with E-state index in [1.54, 1.807) is 4.68 Å². The van der Waals surface area contributed by atoms with E-state index >= 15 is 0 Å². The van der Waals surface area contributed by atoms with Crippen LogP contribution < -0.4 is 10.2 Å². The zero-order valence-electron chi connectivity index (χ0n) is 17.7. The summed E-state index contributed by atoms with van der Waals surface area (Å²) in [5.41, 5.74) is 5.39. The Kier molecular flexibility index (Phi) is 5.65. The second-order valence-electron chi connectivity index (χ2n) is 7.62. The third-order valence-corrected chi connectivity index (χ3v) is 5.62. The monoisotopic (exact) mass is 405 g/mol. The molecule has 0 spiro atoms. The molecule has 0 radical (unpaired) electrons. The fourth-order valence-corrected chi connectivity index (χ4v) is 3.59. The van der Waals surface area contributed by atoms with Gasteiger partial charge < -0.3 is 15.1 Å². The molecule has 8 heteroatoms. The van der Waals surface area contributed by atoms with Gasteiger partial charge in [0, 0.05) is 31.9 Å². The number of tetrazole rings is 1. The van der Waals surface area contributed by atoms with Crippen molar-refractivity contribution in [2.24, 2.45) is 0 Å². The fraction of sp³-hybridized carbons (Fsp3) is 0.364. The van der Waals surface area contributed by atoms with Gasteiger partial charge >= 0.3 is 6.03 Å². The number of carbonyl (C=O) groups excluding carboxylic acids is 1. The minimum Gasteiger partial charge on any atom is -0.336 e. The summed E-state index contributed by atoms with van der Waals surface area (Å²) in [6.45, 7) is 8.80. The molecule has 2 heterocycles. The van der Waals surface area contributed by atoms with Gasteiger partial charge in [0.1, 0.15) is 0 Å². The maximum atomic E-state index is 12.7. The summed E-state index contributed by atoms with van der Waals surface area (Å²) in [5.74, 6) is 0.706. The van der Waals surface area contributed by atoms with Crippen LogP contribution in [0.4, 0.5) is 16.4 Å². The summed E-state index contributed by atoms with van der Waals surface area (Å²) < 4.78 is 1.77. The van der Waals surface area contributed by atoms with Gasteiger partial charge in [0.05, 0.1) is 5.69 Å². The smallest absolute Gasteiger partial charge is 0.321 e. The molecule has 156 valence electrons. The van der Waals surface area contributed by atoms with Crippen molar-refractivity contribution in [3.8, 4) is 5.69 Å². The molecule has 1 N–H and O–H groups in total. The van der Waals surface area contributed by atoms with Gasteiger partial charge in [0.25, 0.3) is 0 Å². The Morgan fingerprint density at radius 3 is 2.57 bits per heavy atom. The lowest BCUT2D eigenvalue weighted by molar-refractivity contribution is 0.208. The number of amides is 2. The van der Waals surface area contributed by atoms with Crippen molar-refractivity contribution >= 4 is 17.7 Å². The Labute approximate surface area is 176 Å². The molecule has 3 aromatic rings. The third kappa shape index (κ3) is 4.12. The predicted molar refractivity (Wildman–Crippen MR) is 117 cm³/mol. The highest BCUT2D eigenvalue weighted by Gasteiger charge is 2.25. The summed E-state index contributed by atoms with van der Waals surface area (Å²) >= 11 is 0. The van der Waals surface area contributed by atoms with Gasteiger partial charge in [-0.1, -0.05) is 30.2 Å². The third-order valence-electron chi connectivity index (χ3n) is 5.62. The SMILES string of the molecule is CCc1cccc(-n2nnnc2N2CCN(C(=O)Nc3ccc(C)c(C)c3)CC2)c1. The molecular weight excluding hydrogens is 378 g/mol. The number of hydrogen-bond acceptors (Lipinski definition) is 5. The van der Waals surface area contributed by atoms with Crippen molar-refractivity contribution in [1.29, 1.82) is 0 Å². The van der Waals surface area contributed by atoms with Gasteiger partial charge in [-0.25, -0.2) is 4.79 Å².